The summed E-state index contributed by atoms with van der Waals surface area (Å²) in [7, 11) is 3.34. The van der Waals surface area contributed by atoms with E-state index in [4.69, 9.17) is 21.1 Å². The number of hydrogen-bond donors (Lipinski definition) is 0. The van der Waals surface area contributed by atoms with Crippen LogP contribution < -0.4 is 9.47 Å². The zero-order chi connectivity index (χ0) is 19.3. The Kier molecular flexibility index (Phi) is 6.93. The van der Waals surface area contributed by atoms with Crippen LogP contribution in [0.3, 0.4) is 0 Å². The lowest BCUT2D eigenvalue weighted by molar-refractivity contribution is 0.353. The van der Waals surface area contributed by atoms with Gasteiger partial charge in [-0.2, -0.15) is 0 Å². The molecule has 0 spiro atoms. The van der Waals surface area contributed by atoms with Gasteiger partial charge in [0.15, 0.2) is 11.5 Å². The monoisotopic (exact) mass is 408 g/mol. The molecule has 1 aliphatic rings. The molecule has 2 aromatic carbocycles. The number of thioether (sulfide) groups is 1. The summed E-state index contributed by atoms with van der Waals surface area (Å²) in [6, 6.07) is 11.2. The first-order valence-electron chi connectivity index (χ1n) is 9.36. The molecule has 0 saturated carbocycles. The van der Waals surface area contributed by atoms with Gasteiger partial charge >= 0.3 is 0 Å². The van der Waals surface area contributed by atoms with Crippen LogP contribution in [0.2, 0.25) is 0 Å². The number of unbranched alkanes of at least 4 members (excludes halogenated alkanes) is 1. The molecule has 5 heteroatoms. The third-order valence-corrected chi connectivity index (χ3v) is 7.12. The van der Waals surface area contributed by atoms with Crippen LogP contribution in [0.15, 0.2) is 36.4 Å². The standard InChI is InChI=1S/C22H26ClFO2S/c1-25-20-14-16-6-5-13-27-22(11-3-4-12-23,19(16)15-21(20)26-2)17-7-9-18(24)10-8-17/h7-10,14-15H,3-6,11-13H2,1-2H3. The minimum atomic E-state index is -0.231. The van der Waals surface area contributed by atoms with E-state index in [0.717, 1.165) is 54.9 Å². The Bertz CT molecular complexity index is 766. The molecule has 27 heavy (non-hydrogen) atoms. The molecule has 0 radical (unpaired) electrons. The molecule has 0 saturated heterocycles. The van der Waals surface area contributed by atoms with E-state index in [2.05, 4.69) is 12.1 Å². The lowest BCUT2D eigenvalue weighted by Crippen LogP contribution is -2.25. The molecule has 2 nitrogen and oxygen atoms in total. The van der Waals surface area contributed by atoms with Crippen LogP contribution in [0.1, 0.15) is 42.4 Å². The van der Waals surface area contributed by atoms with Crippen LogP contribution in [0.25, 0.3) is 0 Å². The van der Waals surface area contributed by atoms with Gasteiger partial charge in [-0.1, -0.05) is 18.6 Å². The fourth-order valence-electron chi connectivity index (χ4n) is 3.87. The Balaban J connectivity index is 2.18. The molecule has 3 rings (SSSR count). The van der Waals surface area contributed by atoms with E-state index in [-0.39, 0.29) is 10.6 Å². The van der Waals surface area contributed by atoms with E-state index in [1.165, 1.54) is 11.1 Å². The number of alkyl halides is 1. The molecule has 0 N–H and O–H groups in total. The zero-order valence-corrected chi connectivity index (χ0v) is 17.5. The predicted octanol–water partition coefficient (Wildman–Crippen LogP) is 6.18. The molecular weight excluding hydrogens is 383 g/mol. The molecule has 0 fully saturated rings. The fraction of sp³-hybridized carbons (Fsp3) is 0.455. The summed E-state index contributed by atoms with van der Waals surface area (Å²) in [6.45, 7) is 0. The maximum atomic E-state index is 13.6. The van der Waals surface area contributed by atoms with Crippen LogP contribution in [0.5, 0.6) is 11.5 Å². The van der Waals surface area contributed by atoms with Crippen molar-refractivity contribution in [3.05, 3.63) is 58.9 Å². The van der Waals surface area contributed by atoms with Gasteiger partial charge in [0.05, 0.1) is 19.0 Å². The molecule has 0 aromatic heterocycles. The fourth-order valence-corrected chi connectivity index (χ4v) is 5.63. The smallest absolute Gasteiger partial charge is 0.161 e. The molecular formula is C22H26ClFO2S. The topological polar surface area (TPSA) is 18.5 Å². The zero-order valence-electron chi connectivity index (χ0n) is 15.9. The Morgan fingerprint density at radius 3 is 2.44 bits per heavy atom. The summed E-state index contributed by atoms with van der Waals surface area (Å²) in [5.41, 5.74) is 3.68. The van der Waals surface area contributed by atoms with E-state index in [1.54, 1.807) is 26.4 Å². The third-order valence-electron chi connectivity index (χ3n) is 5.21. The van der Waals surface area contributed by atoms with Gasteiger partial charge in [-0.15, -0.1) is 23.4 Å². The first-order valence-corrected chi connectivity index (χ1v) is 10.9. The number of benzene rings is 2. The quantitative estimate of drug-likeness (QED) is 0.403. The van der Waals surface area contributed by atoms with E-state index < -0.39 is 0 Å². The van der Waals surface area contributed by atoms with Gasteiger partial charge < -0.3 is 9.47 Å². The van der Waals surface area contributed by atoms with Crippen molar-refractivity contribution in [2.24, 2.45) is 0 Å². The number of hydrogen-bond acceptors (Lipinski definition) is 3. The van der Waals surface area contributed by atoms with Gasteiger partial charge in [0.2, 0.25) is 0 Å². The SMILES string of the molecule is COc1cc2c(cc1OC)C(CCCCCl)(c1ccc(F)cc1)SCCC2. The van der Waals surface area contributed by atoms with Gasteiger partial charge in [-0.25, -0.2) is 4.39 Å². The minimum Gasteiger partial charge on any atom is -0.493 e. The summed E-state index contributed by atoms with van der Waals surface area (Å²) in [5.74, 6) is 3.00. The second-order valence-electron chi connectivity index (χ2n) is 6.80. The van der Waals surface area contributed by atoms with Crippen molar-refractivity contribution in [2.75, 3.05) is 25.9 Å². The number of methoxy groups -OCH3 is 2. The molecule has 1 atom stereocenters. The number of fused-ring (bicyclic) bond motifs is 1. The highest BCUT2D eigenvalue weighted by molar-refractivity contribution is 8.00. The number of ether oxygens (including phenoxy) is 2. The molecule has 0 aliphatic carbocycles. The molecule has 1 heterocycles. The van der Waals surface area contributed by atoms with Crippen LogP contribution in [0, 0.1) is 5.82 Å². The van der Waals surface area contributed by atoms with Gasteiger partial charge in [-0.3, -0.25) is 0 Å². The predicted molar refractivity (Wildman–Crippen MR) is 112 cm³/mol. The number of rotatable bonds is 7. The van der Waals surface area contributed by atoms with Gasteiger partial charge in [0.25, 0.3) is 0 Å². The second-order valence-corrected chi connectivity index (χ2v) is 8.57. The first-order chi connectivity index (χ1) is 13.1. The molecule has 1 aliphatic heterocycles. The number of aryl methyl sites for hydroxylation is 1. The van der Waals surface area contributed by atoms with Crippen LogP contribution in [-0.2, 0) is 11.2 Å². The summed E-state index contributed by atoms with van der Waals surface area (Å²) in [5, 5.41) is 0. The first kappa shape index (κ1) is 20.3. The van der Waals surface area contributed by atoms with Crippen molar-refractivity contribution in [3.63, 3.8) is 0 Å². The van der Waals surface area contributed by atoms with Gasteiger partial charge in [-0.05, 0) is 72.4 Å². The largest absolute Gasteiger partial charge is 0.493 e. The summed E-state index contributed by atoms with van der Waals surface area (Å²) < 4.78 is 24.5. The Labute approximate surface area is 170 Å². The highest BCUT2D eigenvalue weighted by Gasteiger charge is 2.38. The molecule has 1 unspecified atom stereocenters. The van der Waals surface area contributed by atoms with Crippen LogP contribution in [0.4, 0.5) is 4.39 Å². The van der Waals surface area contributed by atoms with Crippen molar-refractivity contribution in [1.82, 2.24) is 0 Å². The van der Waals surface area contributed by atoms with Gasteiger partial charge in [0, 0.05) is 5.88 Å². The maximum Gasteiger partial charge on any atom is 0.161 e. The molecule has 0 bridgehead atoms. The lowest BCUT2D eigenvalue weighted by atomic mass is 9.82. The van der Waals surface area contributed by atoms with Crippen LogP contribution in [-0.4, -0.2) is 25.9 Å². The average molecular weight is 409 g/mol. The van der Waals surface area contributed by atoms with Crippen molar-refractivity contribution in [3.8, 4) is 11.5 Å². The summed E-state index contributed by atoms with van der Waals surface area (Å²) in [4.78, 5) is 0. The van der Waals surface area contributed by atoms with Crippen molar-refractivity contribution in [1.29, 1.82) is 0 Å². The molecule has 2 aromatic rings. The third kappa shape index (κ3) is 4.22. The van der Waals surface area contributed by atoms with E-state index in [1.807, 2.05) is 23.9 Å². The Hall–Kier alpha value is -1.39. The number of halogens is 2. The maximum absolute atomic E-state index is 13.6. The van der Waals surface area contributed by atoms with E-state index >= 15 is 0 Å². The van der Waals surface area contributed by atoms with Crippen molar-refractivity contribution in [2.45, 2.75) is 36.9 Å². The summed E-state index contributed by atoms with van der Waals surface area (Å²) >= 11 is 7.91. The highest BCUT2D eigenvalue weighted by Crippen LogP contribution is 2.52. The molecule has 146 valence electrons. The minimum absolute atomic E-state index is 0.208. The van der Waals surface area contributed by atoms with Crippen molar-refractivity contribution >= 4 is 23.4 Å². The summed E-state index contributed by atoms with van der Waals surface area (Å²) in [6.07, 6.45) is 5.04. The van der Waals surface area contributed by atoms with Crippen LogP contribution >= 0.6 is 23.4 Å². The average Bonchev–Trinajstić information content (AvgIpc) is 2.87. The second kappa shape index (κ2) is 9.20. The Morgan fingerprint density at radius 2 is 1.78 bits per heavy atom. The van der Waals surface area contributed by atoms with E-state index in [0.29, 0.717) is 5.88 Å². The van der Waals surface area contributed by atoms with E-state index in [9.17, 15) is 4.39 Å². The van der Waals surface area contributed by atoms with Crippen molar-refractivity contribution < 1.29 is 13.9 Å². The van der Waals surface area contributed by atoms with Gasteiger partial charge in [0.1, 0.15) is 5.82 Å². The normalized spacial score (nSPS) is 19.3. The molecule has 0 amide bonds. The highest BCUT2D eigenvalue weighted by atomic mass is 35.5. The lowest BCUT2D eigenvalue weighted by Gasteiger charge is -2.35. The Morgan fingerprint density at radius 1 is 1.07 bits per heavy atom.